The molecular formula is C15H14FNO2. The van der Waals surface area contributed by atoms with Crippen LogP contribution in [0.5, 0.6) is 0 Å². The summed E-state index contributed by atoms with van der Waals surface area (Å²) < 4.78 is 13.4. The minimum absolute atomic E-state index is 0.159. The van der Waals surface area contributed by atoms with Gasteiger partial charge in [-0.2, -0.15) is 0 Å². The fraction of sp³-hybridized carbons (Fsp3) is 0.133. The van der Waals surface area contributed by atoms with Gasteiger partial charge in [0, 0.05) is 5.56 Å². The molecule has 0 aliphatic heterocycles. The first-order valence-corrected chi connectivity index (χ1v) is 5.80. The van der Waals surface area contributed by atoms with E-state index in [-0.39, 0.29) is 5.56 Å². The van der Waals surface area contributed by atoms with Crippen molar-refractivity contribution in [2.24, 2.45) is 5.73 Å². The van der Waals surface area contributed by atoms with Crippen molar-refractivity contribution in [3.63, 3.8) is 0 Å². The van der Waals surface area contributed by atoms with Crippen LogP contribution in [-0.4, -0.2) is 11.0 Å². The van der Waals surface area contributed by atoms with E-state index in [1.165, 1.54) is 12.1 Å². The summed E-state index contributed by atoms with van der Waals surface area (Å²) in [4.78, 5) is 11.7. The maximum atomic E-state index is 13.4. The molecule has 0 saturated heterocycles. The van der Waals surface area contributed by atoms with Crippen LogP contribution >= 0.6 is 0 Å². The van der Waals surface area contributed by atoms with Crippen LogP contribution in [0, 0.1) is 12.7 Å². The molecule has 0 radical (unpaired) electrons. The van der Waals surface area contributed by atoms with Gasteiger partial charge in [0.25, 0.3) is 5.91 Å². The van der Waals surface area contributed by atoms with Gasteiger partial charge in [0.1, 0.15) is 5.82 Å². The van der Waals surface area contributed by atoms with Crippen molar-refractivity contribution >= 4 is 5.91 Å². The van der Waals surface area contributed by atoms with E-state index < -0.39 is 17.3 Å². The standard InChI is InChI=1S/C15H14FNO2/c1-10-7-8-12(16)9-13(10)15(19,14(17)18)11-5-3-2-4-6-11/h2-9,19H,1H3,(H2,17,18). The van der Waals surface area contributed by atoms with Crippen molar-refractivity contribution in [1.82, 2.24) is 0 Å². The van der Waals surface area contributed by atoms with Crippen molar-refractivity contribution < 1.29 is 14.3 Å². The predicted octanol–water partition coefficient (Wildman–Crippen LogP) is 1.86. The summed E-state index contributed by atoms with van der Waals surface area (Å²) in [5.74, 6) is -1.47. The summed E-state index contributed by atoms with van der Waals surface area (Å²) in [5, 5.41) is 10.7. The van der Waals surface area contributed by atoms with Gasteiger partial charge in [-0.1, -0.05) is 36.4 Å². The number of aryl methyl sites for hydroxylation is 1. The number of halogens is 1. The fourth-order valence-corrected chi connectivity index (χ4v) is 2.09. The molecule has 1 amide bonds. The van der Waals surface area contributed by atoms with Crippen molar-refractivity contribution in [2.75, 3.05) is 0 Å². The minimum atomic E-state index is -2.03. The van der Waals surface area contributed by atoms with Crippen LogP contribution in [0.1, 0.15) is 16.7 Å². The lowest BCUT2D eigenvalue weighted by molar-refractivity contribution is -0.133. The number of benzene rings is 2. The number of amides is 1. The number of hydrogen-bond acceptors (Lipinski definition) is 2. The molecule has 2 aromatic carbocycles. The van der Waals surface area contributed by atoms with E-state index in [0.29, 0.717) is 11.1 Å². The molecule has 0 spiro atoms. The molecule has 0 heterocycles. The third kappa shape index (κ3) is 2.22. The molecule has 1 unspecified atom stereocenters. The zero-order valence-corrected chi connectivity index (χ0v) is 10.4. The molecule has 98 valence electrons. The fourth-order valence-electron chi connectivity index (χ4n) is 2.09. The van der Waals surface area contributed by atoms with Gasteiger partial charge in [0.15, 0.2) is 5.60 Å². The molecule has 4 heteroatoms. The first kappa shape index (κ1) is 13.2. The quantitative estimate of drug-likeness (QED) is 0.883. The molecule has 0 fully saturated rings. The van der Waals surface area contributed by atoms with Crippen molar-refractivity contribution in [3.05, 3.63) is 71.0 Å². The summed E-state index contributed by atoms with van der Waals surface area (Å²) in [7, 11) is 0. The van der Waals surface area contributed by atoms with E-state index in [1.807, 2.05) is 0 Å². The highest BCUT2D eigenvalue weighted by Gasteiger charge is 2.39. The Morgan fingerprint density at radius 3 is 2.42 bits per heavy atom. The molecule has 0 aromatic heterocycles. The predicted molar refractivity (Wildman–Crippen MR) is 69.8 cm³/mol. The van der Waals surface area contributed by atoms with Crippen LogP contribution in [0.15, 0.2) is 48.5 Å². The van der Waals surface area contributed by atoms with Crippen LogP contribution in [-0.2, 0) is 10.4 Å². The second-order valence-corrected chi connectivity index (χ2v) is 4.40. The summed E-state index contributed by atoms with van der Waals surface area (Å²) in [6.07, 6.45) is 0. The highest BCUT2D eigenvalue weighted by molar-refractivity contribution is 5.89. The summed E-state index contributed by atoms with van der Waals surface area (Å²) in [6.45, 7) is 1.69. The summed E-state index contributed by atoms with van der Waals surface area (Å²) in [6, 6.07) is 12.2. The van der Waals surface area contributed by atoms with Crippen LogP contribution in [0.25, 0.3) is 0 Å². The van der Waals surface area contributed by atoms with Crippen LogP contribution in [0.3, 0.4) is 0 Å². The number of hydrogen-bond donors (Lipinski definition) is 2. The molecule has 19 heavy (non-hydrogen) atoms. The van der Waals surface area contributed by atoms with E-state index in [1.54, 1.807) is 37.3 Å². The van der Waals surface area contributed by atoms with Crippen LogP contribution < -0.4 is 5.73 Å². The molecule has 3 nitrogen and oxygen atoms in total. The number of primary amides is 1. The number of rotatable bonds is 3. The number of aliphatic hydroxyl groups is 1. The van der Waals surface area contributed by atoms with Gasteiger partial charge in [0.2, 0.25) is 0 Å². The van der Waals surface area contributed by atoms with Crippen molar-refractivity contribution in [3.8, 4) is 0 Å². The lowest BCUT2D eigenvalue weighted by atomic mass is 9.83. The largest absolute Gasteiger partial charge is 0.372 e. The smallest absolute Gasteiger partial charge is 0.258 e. The lowest BCUT2D eigenvalue weighted by Gasteiger charge is -2.27. The lowest BCUT2D eigenvalue weighted by Crippen LogP contribution is -2.42. The SMILES string of the molecule is Cc1ccc(F)cc1C(O)(C(N)=O)c1ccccc1. The topological polar surface area (TPSA) is 63.3 Å². The van der Waals surface area contributed by atoms with E-state index in [0.717, 1.165) is 6.07 Å². The second-order valence-electron chi connectivity index (χ2n) is 4.40. The Morgan fingerprint density at radius 2 is 1.84 bits per heavy atom. The maximum absolute atomic E-state index is 13.4. The Morgan fingerprint density at radius 1 is 1.21 bits per heavy atom. The van der Waals surface area contributed by atoms with Crippen LogP contribution in [0.2, 0.25) is 0 Å². The Kier molecular flexibility index (Phi) is 3.36. The number of carbonyl (C=O) groups excluding carboxylic acids is 1. The average Bonchev–Trinajstić information content (AvgIpc) is 2.41. The molecule has 2 aromatic rings. The Bertz CT molecular complexity index is 613. The van der Waals surface area contributed by atoms with E-state index in [9.17, 15) is 14.3 Å². The highest BCUT2D eigenvalue weighted by atomic mass is 19.1. The Labute approximate surface area is 110 Å². The number of carbonyl (C=O) groups is 1. The monoisotopic (exact) mass is 259 g/mol. The molecule has 0 aliphatic carbocycles. The van der Waals surface area contributed by atoms with Gasteiger partial charge < -0.3 is 10.8 Å². The Hall–Kier alpha value is -2.20. The molecule has 2 rings (SSSR count). The average molecular weight is 259 g/mol. The highest BCUT2D eigenvalue weighted by Crippen LogP contribution is 2.32. The third-order valence-corrected chi connectivity index (χ3v) is 3.14. The van der Waals surface area contributed by atoms with Gasteiger partial charge in [-0.25, -0.2) is 4.39 Å². The molecule has 0 bridgehead atoms. The molecule has 0 aliphatic rings. The first-order valence-electron chi connectivity index (χ1n) is 5.80. The summed E-state index contributed by atoms with van der Waals surface area (Å²) in [5.41, 5.74) is 4.37. The van der Waals surface area contributed by atoms with Gasteiger partial charge in [-0.3, -0.25) is 4.79 Å². The molecular weight excluding hydrogens is 245 g/mol. The second kappa shape index (κ2) is 4.82. The van der Waals surface area contributed by atoms with Gasteiger partial charge in [0.05, 0.1) is 0 Å². The van der Waals surface area contributed by atoms with Gasteiger partial charge >= 0.3 is 0 Å². The Balaban J connectivity index is 2.70. The molecule has 0 saturated carbocycles. The molecule has 1 atom stereocenters. The summed E-state index contributed by atoms with van der Waals surface area (Å²) >= 11 is 0. The molecule has 3 N–H and O–H groups in total. The maximum Gasteiger partial charge on any atom is 0.258 e. The van der Waals surface area contributed by atoms with Gasteiger partial charge in [-0.15, -0.1) is 0 Å². The normalized spacial score (nSPS) is 13.8. The first-order chi connectivity index (χ1) is 8.96. The minimum Gasteiger partial charge on any atom is -0.372 e. The zero-order chi connectivity index (χ0) is 14.0. The van der Waals surface area contributed by atoms with Gasteiger partial charge in [-0.05, 0) is 30.2 Å². The van der Waals surface area contributed by atoms with Crippen LogP contribution in [0.4, 0.5) is 4.39 Å². The zero-order valence-electron chi connectivity index (χ0n) is 10.4. The van der Waals surface area contributed by atoms with E-state index in [2.05, 4.69) is 0 Å². The van der Waals surface area contributed by atoms with Crippen molar-refractivity contribution in [2.45, 2.75) is 12.5 Å². The van der Waals surface area contributed by atoms with Crippen molar-refractivity contribution in [1.29, 1.82) is 0 Å². The third-order valence-electron chi connectivity index (χ3n) is 3.14. The number of nitrogens with two attached hydrogens (primary N) is 1. The van der Waals surface area contributed by atoms with E-state index in [4.69, 9.17) is 5.73 Å². The van der Waals surface area contributed by atoms with E-state index >= 15 is 0 Å².